The molecule has 3 amide bonds. The number of nitrogens with one attached hydrogen (secondary N) is 2. The van der Waals surface area contributed by atoms with E-state index in [9.17, 15) is 18.8 Å². The average Bonchev–Trinajstić information content (AvgIpc) is 2.80. The van der Waals surface area contributed by atoms with Crippen LogP contribution in [0.15, 0.2) is 24.3 Å². The Hall–Kier alpha value is -2.68. The molecule has 2 aliphatic heterocycles. The number of urea groups is 1. The van der Waals surface area contributed by atoms with Gasteiger partial charge >= 0.3 is 12.0 Å². The lowest BCUT2D eigenvalue weighted by Gasteiger charge is -2.39. The zero-order chi connectivity index (χ0) is 23.1. The summed E-state index contributed by atoms with van der Waals surface area (Å²) in [6.45, 7) is 6.53. The number of amides is 3. The van der Waals surface area contributed by atoms with Gasteiger partial charge in [-0.3, -0.25) is 14.5 Å². The summed E-state index contributed by atoms with van der Waals surface area (Å²) in [5.74, 6) is -0.773. The van der Waals surface area contributed by atoms with Gasteiger partial charge in [0.15, 0.2) is 0 Å². The number of halogens is 1. The van der Waals surface area contributed by atoms with Crippen LogP contribution in [0.1, 0.15) is 39.5 Å². The van der Waals surface area contributed by atoms with E-state index in [1.165, 1.54) is 24.3 Å². The van der Waals surface area contributed by atoms with Crippen molar-refractivity contribution in [2.75, 3.05) is 38.1 Å². The van der Waals surface area contributed by atoms with Crippen LogP contribution >= 0.6 is 0 Å². The number of hydrogen-bond acceptors (Lipinski definition) is 5. The number of nitrogens with zero attached hydrogens (tertiary/aromatic N) is 2. The predicted molar refractivity (Wildman–Crippen MR) is 119 cm³/mol. The van der Waals surface area contributed by atoms with Crippen molar-refractivity contribution in [1.29, 1.82) is 0 Å². The van der Waals surface area contributed by atoms with Gasteiger partial charge in [-0.25, -0.2) is 9.18 Å². The molecule has 8 nitrogen and oxygen atoms in total. The van der Waals surface area contributed by atoms with Crippen LogP contribution in [-0.4, -0.2) is 72.6 Å². The molecule has 0 aromatic heterocycles. The van der Waals surface area contributed by atoms with Gasteiger partial charge in [-0.15, -0.1) is 0 Å². The van der Waals surface area contributed by atoms with Crippen LogP contribution in [0.2, 0.25) is 0 Å². The normalized spacial score (nSPS) is 21.0. The molecule has 3 rings (SSSR count). The molecular weight excluding hydrogens is 415 g/mol. The molecule has 0 unspecified atom stereocenters. The number of esters is 1. The first-order valence-electron chi connectivity index (χ1n) is 11.4. The van der Waals surface area contributed by atoms with Crippen LogP contribution in [0, 0.1) is 11.7 Å². The van der Waals surface area contributed by atoms with Gasteiger partial charge in [-0.05, 0) is 63.8 Å². The van der Waals surface area contributed by atoms with E-state index in [0.717, 1.165) is 25.7 Å². The summed E-state index contributed by atoms with van der Waals surface area (Å²) in [6.07, 6.45) is 3.03. The highest BCUT2D eigenvalue weighted by Crippen LogP contribution is 2.21. The van der Waals surface area contributed by atoms with Gasteiger partial charge < -0.3 is 20.3 Å². The second-order valence-electron chi connectivity index (χ2n) is 8.47. The van der Waals surface area contributed by atoms with Crippen molar-refractivity contribution in [2.45, 2.75) is 51.6 Å². The van der Waals surface area contributed by atoms with Gasteiger partial charge in [0.2, 0.25) is 5.91 Å². The lowest BCUT2D eigenvalue weighted by Crippen LogP contribution is -2.54. The number of carbonyl (C=O) groups excluding carboxylic acids is 3. The molecule has 2 aliphatic rings. The Labute approximate surface area is 188 Å². The SMILES string of the molecule is CCOC(=O)[C@H]1CCCN(C(=O)[C@@H](C)N2CCC(NC(=O)Nc3ccc(F)cc3)CC2)C1. The molecule has 1 aromatic rings. The Balaban J connectivity index is 1.43. The Morgan fingerprint density at radius 1 is 1.12 bits per heavy atom. The van der Waals surface area contributed by atoms with Crippen molar-refractivity contribution in [1.82, 2.24) is 15.1 Å². The van der Waals surface area contributed by atoms with Crippen LogP contribution in [-0.2, 0) is 14.3 Å². The smallest absolute Gasteiger partial charge is 0.319 e. The zero-order valence-corrected chi connectivity index (χ0v) is 18.8. The fraction of sp³-hybridized carbons (Fsp3) is 0.609. The number of ether oxygens (including phenoxy) is 1. The number of anilines is 1. The first-order valence-corrected chi connectivity index (χ1v) is 11.4. The molecule has 2 atom stereocenters. The quantitative estimate of drug-likeness (QED) is 0.653. The molecular formula is C23H33FN4O4. The van der Waals surface area contributed by atoms with Crippen molar-refractivity contribution in [3.63, 3.8) is 0 Å². The molecule has 2 heterocycles. The van der Waals surface area contributed by atoms with E-state index < -0.39 is 0 Å². The molecule has 0 bridgehead atoms. The van der Waals surface area contributed by atoms with E-state index in [0.29, 0.717) is 38.5 Å². The molecule has 2 fully saturated rings. The molecule has 2 saturated heterocycles. The van der Waals surface area contributed by atoms with Gasteiger partial charge in [0, 0.05) is 37.9 Å². The van der Waals surface area contributed by atoms with Crippen molar-refractivity contribution in [3.8, 4) is 0 Å². The molecule has 9 heteroatoms. The summed E-state index contributed by atoms with van der Waals surface area (Å²) in [5, 5.41) is 5.65. The minimum atomic E-state index is -0.354. The molecule has 32 heavy (non-hydrogen) atoms. The van der Waals surface area contributed by atoms with Gasteiger partial charge in [-0.1, -0.05) is 0 Å². The fourth-order valence-electron chi connectivity index (χ4n) is 4.37. The minimum Gasteiger partial charge on any atom is -0.466 e. The Kier molecular flexibility index (Phi) is 8.44. The number of likely N-dealkylation sites (tertiary alicyclic amines) is 2. The second kappa shape index (κ2) is 11.3. The van der Waals surface area contributed by atoms with Crippen LogP contribution < -0.4 is 10.6 Å². The van der Waals surface area contributed by atoms with E-state index in [2.05, 4.69) is 15.5 Å². The minimum absolute atomic E-state index is 0.0113. The third-order valence-corrected chi connectivity index (χ3v) is 6.22. The van der Waals surface area contributed by atoms with Gasteiger partial charge in [-0.2, -0.15) is 0 Å². The molecule has 0 spiro atoms. The van der Waals surface area contributed by atoms with Crippen LogP contribution in [0.25, 0.3) is 0 Å². The number of hydrogen-bond donors (Lipinski definition) is 2. The number of carbonyl (C=O) groups is 3. The predicted octanol–water partition coefficient (Wildman–Crippen LogP) is 2.60. The maximum Gasteiger partial charge on any atom is 0.319 e. The van der Waals surface area contributed by atoms with E-state index in [-0.39, 0.29) is 41.7 Å². The van der Waals surface area contributed by atoms with Crippen molar-refractivity contribution < 1.29 is 23.5 Å². The van der Waals surface area contributed by atoms with E-state index in [1.54, 1.807) is 11.8 Å². The second-order valence-corrected chi connectivity index (χ2v) is 8.47. The summed E-state index contributed by atoms with van der Waals surface area (Å²) >= 11 is 0. The largest absolute Gasteiger partial charge is 0.466 e. The zero-order valence-electron chi connectivity index (χ0n) is 18.8. The molecule has 1 aromatic carbocycles. The molecule has 2 N–H and O–H groups in total. The molecule has 0 aliphatic carbocycles. The Bertz CT molecular complexity index is 796. The molecule has 0 radical (unpaired) electrons. The Morgan fingerprint density at radius 2 is 1.81 bits per heavy atom. The number of rotatable bonds is 6. The highest BCUT2D eigenvalue weighted by Gasteiger charge is 2.34. The van der Waals surface area contributed by atoms with Crippen molar-refractivity contribution in [2.24, 2.45) is 5.92 Å². The summed E-state index contributed by atoms with van der Waals surface area (Å²) < 4.78 is 18.1. The first-order chi connectivity index (χ1) is 15.4. The number of piperidine rings is 2. The lowest BCUT2D eigenvalue weighted by molar-refractivity contribution is -0.152. The van der Waals surface area contributed by atoms with Crippen LogP contribution in [0.4, 0.5) is 14.9 Å². The third kappa shape index (κ3) is 6.41. The van der Waals surface area contributed by atoms with Crippen LogP contribution in [0.5, 0.6) is 0 Å². The standard InChI is InChI=1S/C23H33FN4O4/c1-3-32-22(30)17-5-4-12-28(15-17)21(29)16(2)27-13-10-20(11-14-27)26-23(31)25-19-8-6-18(24)7-9-19/h6-9,16-17,20H,3-5,10-15H2,1-2H3,(H2,25,26,31)/t16-,17+/m1/s1. The summed E-state index contributed by atoms with van der Waals surface area (Å²) in [6, 6.07) is 5.03. The van der Waals surface area contributed by atoms with Gasteiger partial charge in [0.1, 0.15) is 5.82 Å². The fourth-order valence-corrected chi connectivity index (χ4v) is 4.37. The maximum atomic E-state index is 13.0. The van der Waals surface area contributed by atoms with Gasteiger partial charge in [0.25, 0.3) is 0 Å². The topological polar surface area (TPSA) is 91.0 Å². The van der Waals surface area contributed by atoms with E-state index in [4.69, 9.17) is 4.74 Å². The number of benzene rings is 1. The summed E-state index contributed by atoms with van der Waals surface area (Å²) in [5.41, 5.74) is 0.531. The third-order valence-electron chi connectivity index (χ3n) is 6.22. The molecule has 0 saturated carbocycles. The van der Waals surface area contributed by atoms with E-state index in [1.807, 2.05) is 6.92 Å². The average molecular weight is 449 g/mol. The monoisotopic (exact) mass is 448 g/mol. The lowest BCUT2D eigenvalue weighted by atomic mass is 9.97. The van der Waals surface area contributed by atoms with E-state index >= 15 is 0 Å². The maximum absolute atomic E-state index is 13.0. The highest BCUT2D eigenvalue weighted by atomic mass is 19.1. The Morgan fingerprint density at radius 3 is 2.47 bits per heavy atom. The summed E-state index contributed by atoms with van der Waals surface area (Å²) in [7, 11) is 0. The molecule has 176 valence electrons. The first kappa shape index (κ1) is 24.0. The highest BCUT2D eigenvalue weighted by molar-refractivity contribution is 5.89. The van der Waals surface area contributed by atoms with Gasteiger partial charge in [0.05, 0.1) is 18.6 Å². The summed E-state index contributed by atoms with van der Waals surface area (Å²) in [4.78, 5) is 41.2. The van der Waals surface area contributed by atoms with Crippen molar-refractivity contribution in [3.05, 3.63) is 30.1 Å². The van der Waals surface area contributed by atoms with Crippen molar-refractivity contribution >= 4 is 23.6 Å². The van der Waals surface area contributed by atoms with Crippen LogP contribution in [0.3, 0.4) is 0 Å².